The summed E-state index contributed by atoms with van der Waals surface area (Å²) in [7, 11) is 0. The van der Waals surface area contributed by atoms with Crippen LogP contribution in [0, 0.1) is 0 Å². The molecule has 1 unspecified atom stereocenters. The van der Waals surface area contributed by atoms with Gasteiger partial charge in [0.2, 0.25) is 0 Å². The molecular weight excluding hydrogens is 442 g/mol. The van der Waals surface area contributed by atoms with E-state index in [1.165, 1.54) is 10.4 Å². The zero-order chi connectivity index (χ0) is 13.1. The Morgan fingerprint density at radius 2 is 1.89 bits per heavy atom. The number of benzene rings is 1. The Kier molecular flexibility index (Phi) is 5.45. The molecule has 18 heavy (non-hydrogen) atoms. The molecule has 0 aliphatic heterocycles. The summed E-state index contributed by atoms with van der Waals surface area (Å²) < 4.78 is 3.42. The Hall–Kier alpha value is 0.320. The third kappa shape index (κ3) is 3.67. The van der Waals surface area contributed by atoms with Crippen LogP contribution in [-0.2, 0) is 6.54 Å². The molecule has 0 spiro atoms. The number of hydrogen-bond acceptors (Lipinski definition) is 2. The standard InChI is InChI=1S/C13H12Br3NS/c1-8(10-4-2-3-5-11(10)14)17-7-9-6-12(15)13(16)18-9/h2-6,8,17H,7H2,1H3. The van der Waals surface area contributed by atoms with Gasteiger partial charge in [-0.25, -0.2) is 0 Å². The molecule has 0 fully saturated rings. The molecule has 2 aromatic rings. The summed E-state index contributed by atoms with van der Waals surface area (Å²) >= 11 is 12.4. The molecule has 0 aliphatic rings. The van der Waals surface area contributed by atoms with Crippen LogP contribution in [0.2, 0.25) is 0 Å². The molecule has 1 N–H and O–H groups in total. The summed E-state index contributed by atoms with van der Waals surface area (Å²) in [4.78, 5) is 1.31. The Labute approximate surface area is 136 Å². The maximum absolute atomic E-state index is 3.59. The first-order valence-corrected chi connectivity index (χ1v) is 8.69. The van der Waals surface area contributed by atoms with Crippen molar-refractivity contribution >= 4 is 59.1 Å². The van der Waals surface area contributed by atoms with Crippen LogP contribution in [-0.4, -0.2) is 0 Å². The van der Waals surface area contributed by atoms with E-state index in [1.807, 2.05) is 6.07 Å². The highest BCUT2D eigenvalue weighted by molar-refractivity contribution is 9.13. The maximum atomic E-state index is 3.59. The van der Waals surface area contributed by atoms with E-state index in [0.717, 1.165) is 19.3 Å². The van der Waals surface area contributed by atoms with Crippen LogP contribution >= 0.6 is 59.1 Å². The lowest BCUT2D eigenvalue weighted by Gasteiger charge is -2.15. The van der Waals surface area contributed by atoms with Gasteiger partial charge in [-0.2, -0.15) is 0 Å². The topological polar surface area (TPSA) is 12.0 Å². The van der Waals surface area contributed by atoms with Gasteiger partial charge in [-0.05, 0) is 56.5 Å². The summed E-state index contributed by atoms with van der Waals surface area (Å²) in [6.45, 7) is 3.05. The van der Waals surface area contributed by atoms with E-state index in [4.69, 9.17) is 0 Å². The van der Waals surface area contributed by atoms with E-state index in [1.54, 1.807) is 11.3 Å². The van der Waals surface area contributed by atoms with Crippen molar-refractivity contribution in [3.05, 3.63) is 53.5 Å². The number of thiophene rings is 1. The second kappa shape index (κ2) is 6.66. The number of hydrogen-bond donors (Lipinski definition) is 1. The molecule has 0 amide bonds. The molecule has 0 saturated heterocycles. The van der Waals surface area contributed by atoms with Crippen molar-refractivity contribution in [3.63, 3.8) is 0 Å². The van der Waals surface area contributed by atoms with E-state index in [9.17, 15) is 0 Å². The van der Waals surface area contributed by atoms with Crippen LogP contribution in [0.1, 0.15) is 23.4 Å². The van der Waals surface area contributed by atoms with Gasteiger partial charge in [0, 0.05) is 26.4 Å². The molecule has 1 aromatic heterocycles. The smallest absolute Gasteiger partial charge is 0.0843 e. The van der Waals surface area contributed by atoms with Gasteiger partial charge >= 0.3 is 0 Å². The van der Waals surface area contributed by atoms with Gasteiger partial charge in [0.25, 0.3) is 0 Å². The number of rotatable bonds is 4. The molecule has 96 valence electrons. The molecule has 1 heterocycles. The Morgan fingerprint density at radius 1 is 1.17 bits per heavy atom. The summed E-state index contributed by atoms with van der Waals surface area (Å²) in [6.07, 6.45) is 0. The summed E-state index contributed by atoms with van der Waals surface area (Å²) in [5, 5.41) is 3.54. The minimum Gasteiger partial charge on any atom is -0.305 e. The SMILES string of the molecule is CC(NCc1cc(Br)c(Br)s1)c1ccccc1Br. The Balaban J connectivity index is 2.00. The van der Waals surface area contributed by atoms with E-state index < -0.39 is 0 Å². The molecular formula is C13H12Br3NS. The van der Waals surface area contributed by atoms with Crippen molar-refractivity contribution < 1.29 is 0 Å². The van der Waals surface area contributed by atoms with Crippen LogP contribution in [0.15, 0.2) is 43.1 Å². The second-order valence-electron chi connectivity index (χ2n) is 3.96. The van der Waals surface area contributed by atoms with Crippen LogP contribution in [0.4, 0.5) is 0 Å². The third-order valence-electron chi connectivity index (χ3n) is 2.65. The summed E-state index contributed by atoms with van der Waals surface area (Å²) in [5.74, 6) is 0. The number of halogens is 3. The van der Waals surface area contributed by atoms with Gasteiger partial charge in [-0.3, -0.25) is 0 Å². The van der Waals surface area contributed by atoms with Crippen molar-refractivity contribution in [2.75, 3.05) is 0 Å². The minimum atomic E-state index is 0.320. The molecule has 1 aromatic carbocycles. The molecule has 0 radical (unpaired) electrons. The predicted molar refractivity (Wildman–Crippen MR) is 89.1 cm³/mol. The fourth-order valence-electron chi connectivity index (χ4n) is 1.67. The molecule has 1 nitrogen and oxygen atoms in total. The van der Waals surface area contributed by atoms with E-state index >= 15 is 0 Å². The van der Waals surface area contributed by atoms with Crippen molar-refractivity contribution in [1.82, 2.24) is 5.32 Å². The Bertz CT molecular complexity index is 519. The van der Waals surface area contributed by atoms with Crippen molar-refractivity contribution in [2.24, 2.45) is 0 Å². The van der Waals surface area contributed by atoms with Crippen molar-refractivity contribution in [2.45, 2.75) is 19.5 Å². The second-order valence-corrected chi connectivity index (χ2v) is 8.12. The van der Waals surface area contributed by atoms with Gasteiger partial charge < -0.3 is 5.32 Å². The van der Waals surface area contributed by atoms with E-state index in [-0.39, 0.29) is 0 Å². The zero-order valence-electron chi connectivity index (χ0n) is 9.71. The third-order valence-corrected chi connectivity index (χ3v) is 6.63. The summed E-state index contributed by atoms with van der Waals surface area (Å²) in [5.41, 5.74) is 1.28. The zero-order valence-corrected chi connectivity index (χ0v) is 15.3. The fraction of sp³-hybridized carbons (Fsp3) is 0.231. The molecule has 0 aliphatic carbocycles. The number of nitrogens with one attached hydrogen (secondary N) is 1. The van der Waals surface area contributed by atoms with E-state index in [0.29, 0.717) is 6.04 Å². The van der Waals surface area contributed by atoms with Gasteiger partial charge in [-0.1, -0.05) is 34.1 Å². The predicted octanol–water partition coefficient (Wildman–Crippen LogP) is 5.89. The Morgan fingerprint density at radius 3 is 2.50 bits per heavy atom. The lowest BCUT2D eigenvalue weighted by Crippen LogP contribution is -2.17. The monoisotopic (exact) mass is 451 g/mol. The van der Waals surface area contributed by atoms with Crippen LogP contribution in [0.25, 0.3) is 0 Å². The average molecular weight is 454 g/mol. The summed E-state index contributed by atoms with van der Waals surface area (Å²) in [6, 6.07) is 10.8. The van der Waals surface area contributed by atoms with Crippen LogP contribution < -0.4 is 5.32 Å². The largest absolute Gasteiger partial charge is 0.305 e. The van der Waals surface area contributed by atoms with Gasteiger partial charge in [0.15, 0.2) is 0 Å². The molecule has 5 heteroatoms. The first-order chi connectivity index (χ1) is 8.58. The first kappa shape index (κ1) is 14.7. The molecule has 0 bridgehead atoms. The highest BCUT2D eigenvalue weighted by atomic mass is 79.9. The van der Waals surface area contributed by atoms with E-state index in [2.05, 4.69) is 84.3 Å². The fourth-order valence-corrected chi connectivity index (χ4v) is 4.42. The maximum Gasteiger partial charge on any atom is 0.0843 e. The van der Waals surface area contributed by atoms with Crippen LogP contribution in [0.5, 0.6) is 0 Å². The quantitative estimate of drug-likeness (QED) is 0.609. The minimum absolute atomic E-state index is 0.320. The first-order valence-electron chi connectivity index (χ1n) is 5.49. The van der Waals surface area contributed by atoms with Gasteiger partial charge in [0.1, 0.15) is 0 Å². The van der Waals surface area contributed by atoms with Crippen molar-refractivity contribution in [3.8, 4) is 0 Å². The lowest BCUT2D eigenvalue weighted by atomic mass is 10.1. The van der Waals surface area contributed by atoms with Crippen molar-refractivity contribution in [1.29, 1.82) is 0 Å². The lowest BCUT2D eigenvalue weighted by molar-refractivity contribution is 0.577. The van der Waals surface area contributed by atoms with Gasteiger partial charge in [0.05, 0.1) is 3.79 Å². The molecule has 1 atom stereocenters. The molecule has 0 saturated carbocycles. The highest BCUT2D eigenvalue weighted by Crippen LogP contribution is 2.32. The van der Waals surface area contributed by atoms with Gasteiger partial charge in [-0.15, -0.1) is 11.3 Å². The normalized spacial score (nSPS) is 12.7. The van der Waals surface area contributed by atoms with Crippen LogP contribution in [0.3, 0.4) is 0 Å². The average Bonchev–Trinajstić information content (AvgIpc) is 2.66. The highest BCUT2D eigenvalue weighted by Gasteiger charge is 2.09. The molecule has 2 rings (SSSR count).